The normalized spacial score (nSPS) is 25.5. The highest BCUT2D eigenvalue weighted by Gasteiger charge is 2.47. The summed E-state index contributed by atoms with van der Waals surface area (Å²) < 4.78 is 13.2. The van der Waals surface area contributed by atoms with E-state index in [0.717, 1.165) is 19.3 Å². The Kier molecular flexibility index (Phi) is 2.77. The van der Waals surface area contributed by atoms with Crippen molar-refractivity contribution in [3.05, 3.63) is 0 Å². The van der Waals surface area contributed by atoms with Gasteiger partial charge in [-0.3, -0.25) is 0 Å². The van der Waals surface area contributed by atoms with Crippen molar-refractivity contribution in [1.82, 2.24) is 0 Å². The van der Waals surface area contributed by atoms with Crippen LogP contribution in [0.25, 0.3) is 0 Å². The van der Waals surface area contributed by atoms with E-state index < -0.39 is 6.17 Å². The molecule has 2 heteroatoms. The van der Waals surface area contributed by atoms with Crippen LogP contribution in [-0.2, 0) is 0 Å². The monoisotopic (exact) mass is 173 g/mol. The summed E-state index contributed by atoms with van der Waals surface area (Å²) in [7, 11) is 0. The van der Waals surface area contributed by atoms with Gasteiger partial charge in [-0.05, 0) is 32.1 Å². The molecule has 12 heavy (non-hydrogen) atoms. The van der Waals surface area contributed by atoms with E-state index in [1.807, 2.05) is 0 Å². The fraction of sp³-hybridized carbons (Fsp3) is 1.00. The van der Waals surface area contributed by atoms with Gasteiger partial charge in [-0.2, -0.15) is 0 Å². The molecule has 1 rings (SSSR count). The maximum atomic E-state index is 13.2. The van der Waals surface area contributed by atoms with E-state index in [1.54, 1.807) is 6.92 Å². The molecule has 0 aliphatic heterocycles. The summed E-state index contributed by atoms with van der Waals surface area (Å²) in [5, 5.41) is 0. The molecule has 1 saturated carbocycles. The quantitative estimate of drug-likeness (QED) is 0.694. The van der Waals surface area contributed by atoms with Gasteiger partial charge in [-0.25, -0.2) is 4.39 Å². The minimum absolute atomic E-state index is 0.0810. The summed E-state index contributed by atoms with van der Waals surface area (Å²) in [6, 6.07) is 0. The van der Waals surface area contributed by atoms with Gasteiger partial charge in [-0.15, -0.1) is 0 Å². The molecule has 1 aliphatic rings. The molecule has 0 aromatic rings. The molecule has 2 N–H and O–H groups in total. The predicted octanol–water partition coefficient (Wildman–Crippen LogP) is 2.50. The van der Waals surface area contributed by atoms with Gasteiger partial charge in [0.05, 0.1) is 0 Å². The summed E-state index contributed by atoms with van der Waals surface area (Å²) in [6.07, 6.45) is 2.20. The average Bonchev–Trinajstić information content (AvgIpc) is 2.63. The lowest BCUT2D eigenvalue weighted by Crippen LogP contribution is -2.38. The minimum Gasteiger partial charge on any atom is -0.325 e. The van der Waals surface area contributed by atoms with Crippen LogP contribution in [-0.4, -0.2) is 11.7 Å². The van der Waals surface area contributed by atoms with E-state index >= 15 is 0 Å². The first-order chi connectivity index (χ1) is 5.46. The van der Waals surface area contributed by atoms with Gasteiger partial charge in [0.2, 0.25) is 0 Å². The van der Waals surface area contributed by atoms with Gasteiger partial charge >= 0.3 is 0 Å². The highest BCUT2D eigenvalue weighted by molar-refractivity contribution is 5.05. The first kappa shape index (κ1) is 9.97. The Hall–Kier alpha value is -0.110. The van der Waals surface area contributed by atoms with Crippen LogP contribution in [0.4, 0.5) is 4.39 Å². The third-order valence-electron chi connectivity index (χ3n) is 2.85. The molecule has 0 saturated heterocycles. The Morgan fingerprint density at radius 3 is 2.08 bits per heavy atom. The Balaban J connectivity index is 2.50. The molecule has 2 atom stereocenters. The highest BCUT2D eigenvalue weighted by atomic mass is 19.1. The van der Waals surface area contributed by atoms with Gasteiger partial charge in [0.15, 0.2) is 0 Å². The molecule has 0 radical (unpaired) electrons. The summed E-state index contributed by atoms with van der Waals surface area (Å²) in [4.78, 5) is 0. The van der Waals surface area contributed by atoms with Crippen LogP contribution in [0.15, 0.2) is 0 Å². The molecule has 0 aromatic heterocycles. The Morgan fingerprint density at radius 2 is 1.83 bits per heavy atom. The summed E-state index contributed by atoms with van der Waals surface area (Å²) in [5.74, 6) is 0.631. The number of rotatable bonds is 4. The zero-order valence-corrected chi connectivity index (χ0v) is 8.31. The fourth-order valence-electron chi connectivity index (χ4n) is 1.90. The van der Waals surface area contributed by atoms with Crippen LogP contribution in [0, 0.1) is 11.8 Å². The van der Waals surface area contributed by atoms with Gasteiger partial charge in [-0.1, -0.05) is 13.8 Å². The smallest absolute Gasteiger partial charge is 0.102 e. The Bertz CT molecular complexity index is 150. The van der Waals surface area contributed by atoms with E-state index in [-0.39, 0.29) is 11.5 Å². The van der Waals surface area contributed by atoms with Crippen molar-refractivity contribution < 1.29 is 4.39 Å². The molecule has 0 heterocycles. The number of hydrogen-bond acceptors (Lipinski definition) is 1. The SMILES string of the molecule is CC(C)CC(C(C)F)C1(N)CC1. The lowest BCUT2D eigenvalue weighted by Gasteiger charge is -2.26. The maximum Gasteiger partial charge on any atom is 0.102 e. The highest BCUT2D eigenvalue weighted by Crippen LogP contribution is 2.44. The molecule has 72 valence electrons. The molecule has 0 bridgehead atoms. The van der Waals surface area contributed by atoms with E-state index in [4.69, 9.17) is 5.73 Å². The number of alkyl halides is 1. The zero-order chi connectivity index (χ0) is 9.35. The van der Waals surface area contributed by atoms with Gasteiger partial charge in [0.1, 0.15) is 6.17 Å². The summed E-state index contributed by atoms with van der Waals surface area (Å²) in [5.41, 5.74) is 5.85. The zero-order valence-electron chi connectivity index (χ0n) is 8.31. The second-order valence-corrected chi connectivity index (χ2v) is 4.65. The van der Waals surface area contributed by atoms with Crippen LogP contribution < -0.4 is 5.73 Å². The van der Waals surface area contributed by atoms with E-state index in [9.17, 15) is 4.39 Å². The molecular formula is C10H20FN. The average molecular weight is 173 g/mol. The third-order valence-corrected chi connectivity index (χ3v) is 2.85. The minimum atomic E-state index is -0.750. The molecule has 1 nitrogen and oxygen atoms in total. The standard InChI is InChI=1S/C10H20FN/c1-7(2)6-9(8(3)11)10(12)4-5-10/h7-9H,4-6,12H2,1-3H3. The molecule has 0 aromatic carbocycles. The van der Waals surface area contributed by atoms with Crippen LogP contribution in [0.5, 0.6) is 0 Å². The number of nitrogens with two attached hydrogens (primary N) is 1. The van der Waals surface area contributed by atoms with E-state index in [1.165, 1.54) is 0 Å². The predicted molar refractivity (Wildman–Crippen MR) is 49.7 cm³/mol. The van der Waals surface area contributed by atoms with Crippen molar-refractivity contribution >= 4 is 0 Å². The molecule has 0 spiro atoms. The summed E-state index contributed by atoms with van der Waals surface area (Å²) in [6.45, 7) is 5.89. The fourth-order valence-corrected chi connectivity index (χ4v) is 1.90. The largest absolute Gasteiger partial charge is 0.325 e. The number of halogens is 1. The van der Waals surface area contributed by atoms with Crippen molar-refractivity contribution in [1.29, 1.82) is 0 Å². The second kappa shape index (κ2) is 3.33. The Morgan fingerprint density at radius 1 is 1.33 bits per heavy atom. The Labute approximate surface area is 74.5 Å². The first-order valence-electron chi connectivity index (χ1n) is 4.88. The second-order valence-electron chi connectivity index (χ2n) is 4.65. The van der Waals surface area contributed by atoms with Crippen molar-refractivity contribution in [2.45, 2.75) is 51.7 Å². The van der Waals surface area contributed by atoms with Crippen LogP contribution in [0.3, 0.4) is 0 Å². The lowest BCUT2D eigenvalue weighted by molar-refractivity contribution is 0.179. The van der Waals surface area contributed by atoms with Gasteiger partial charge < -0.3 is 5.73 Å². The maximum absolute atomic E-state index is 13.2. The van der Waals surface area contributed by atoms with Crippen molar-refractivity contribution in [3.8, 4) is 0 Å². The van der Waals surface area contributed by atoms with Crippen LogP contribution in [0.2, 0.25) is 0 Å². The van der Waals surface area contributed by atoms with Crippen LogP contribution in [0.1, 0.15) is 40.0 Å². The topological polar surface area (TPSA) is 26.0 Å². The van der Waals surface area contributed by atoms with Crippen molar-refractivity contribution in [2.75, 3.05) is 0 Å². The first-order valence-corrected chi connectivity index (χ1v) is 4.88. The molecule has 1 fully saturated rings. The van der Waals surface area contributed by atoms with Crippen molar-refractivity contribution in [3.63, 3.8) is 0 Å². The molecule has 2 unspecified atom stereocenters. The molecular weight excluding hydrogens is 153 g/mol. The summed E-state index contributed by atoms with van der Waals surface area (Å²) >= 11 is 0. The molecule has 1 aliphatic carbocycles. The lowest BCUT2D eigenvalue weighted by atomic mass is 9.86. The van der Waals surface area contributed by atoms with Crippen LogP contribution >= 0.6 is 0 Å². The molecule has 0 amide bonds. The third kappa shape index (κ3) is 2.19. The van der Waals surface area contributed by atoms with Gasteiger partial charge in [0, 0.05) is 11.5 Å². The number of hydrogen-bond donors (Lipinski definition) is 1. The van der Waals surface area contributed by atoms with E-state index in [0.29, 0.717) is 5.92 Å². The van der Waals surface area contributed by atoms with E-state index in [2.05, 4.69) is 13.8 Å². The van der Waals surface area contributed by atoms with Crippen molar-refractivity contribution in [2.24, 2.45) is 17.6 Å². The van der Waals surface area contributed by atoms with Gasteiger partial charge in [0.25, 0.3) is 0 Å².